The van der Waals surface area contributed by atoms with Gasteiger partial charge in [-0.1, -0.05) is 47.5 Å². The van der Waals surface area contributed by atoms with E-state index >= 15 is 0 Å². The van der Waals surface area contributed by atoms with Crippen molar-refractivity contribution in [3.8, 4) is 0 Å². The van der Waals surface area contributed by atoms with Gasteiger partial charge in [-0.15, -0.1) is 0 Å². The maximum absolute atomic E-state index is 12.7. The fraction of sp³-hybridized carbons (Fsp3) is 0.333. The number of carbonyl (C=O) groups excluding carboxylic acids is 1. The molecule has 0 atom stereocenters. The molecule has 3 aromatic rings. The lowest BCUT2D eigenvalue weighted by atomic mass is 9.88. The van der Waals surface area contributed by atoms with E-state index in [1.165, 1.54) is 25.9 Å². The molecule has 1 saturated heterocycles. The second-order valence-corrected chi connectivity index (χ2v) is 9.42. The highest BCUT2D eigenvalue weighted by atomic mass is 35.5. The van der Waals surface area contributed by atoms with Crippen LogP contribution in [0.3, 0.4) is 0 Å². The molecule has 0 saturated carbocycles. The number of nitrogens with zero attached hydrogens (tertiary/aromatic N) is 2. The van der Waals surface area contributed by atoms with Crippen LogP contribution in [0.2, 0.25) is 10.0 Å². The van der Waals surface area contributed by atoms with Crippen LogP contribution in [0.4, 0.5) is 0 Å². The first-order valence-electron chi connectivity index (χ1n) is 11.5. The number of hydrogen-bond donors (Lipinski definition) is 1. The van der Waals surface area contributed by atoms with E-state index in [9.17, 15) is 4.79 Å². The molecule has 1 aliphatic rings. The van der Waals surface area contributed by atoms with Gasteiger partial charge in [-0.3, -0.25) is 9.78 Å². The molecule has 0 spiro atoms. The second-order valence-electron chi connectivity index (χ2n) is 8.54. The van der Waals surface area contributed by atoms with E-state index in [2.05, 4.69) is 27.3 Å². The van der Waals surface area contributed by atoms with E-state index in [-0.39, 0.29) is 11.8 Å². The fourth-order valence-electron chi connectivity index (χ4n) is 4.39. The minimum absolute atomic E-state index is 0.0776. The highest BCUT2D eigenvalue weighted by molar-refractivity contribution is 6.31. The average Bonchev–Trinajstić information content (AvgIpc) is 3.34. The van der Waals surface area contributed by atoms with Gasteiger partial charge in [-0.2, -0.15) is 0 Å². The fourth-order valence-corrected chi connectivity index (χ4v) is 4.79. The summed E-state index contributed by atoms with van der Waals surface area (Å²) in [5.74, 6) is -0.0293. The van der Waals surface area contributed by atoms with Crippen molar-refractivity contribution >= 4 is 29.1 Å². The number of hydrogen-bond acceptors (Lipinski definition) is 3. The first-order chi connectivity index (χ1) is 16.1. The molecule has 1 aromatic heterocycles. The molecule has 2 heterocycles. The van der Waals surface area contributed by atoms with Crippen LogP contribution in [0.5, 0.6) is 0 Å². The standard InChI is InChI=1S/C27H29Cl2N3O/c28-23-7-3-5-20(17-23)26(21-6-4-8-24(29)18-21)11-13-30-27(33)22-9-10-25(31-19-22)12-16-32-14-1-2-15-32/h3-10,17-19,26H,1-2,11-16H2,(H,30,33). The number of aromatic nitrogens is 1. The third-order valence-corrected chi connectivity index (χ3v) is 6.66. The maximum Gasteiger partial charge on any atom is 0.252 e. The summed E-state index contributed by atoms with van der Waals surface area (Å²) in [6, 6.07) is 19.5. The van der Waals surface area contributed by atoms with E-state index in [0.717, 1.165) is 36.2 Å². The van der Waals surface area contributed by atoms with Gasteiger partial charge in [0.2, 0.25) is 0 Å². The van der Waals surface area contributed by atoms with Gasteiger partial charge in [0.05, 0.1) is 5.56 Å². The highest BCUT2D eigenvalue weighted by Gasteiger charge is 2.16. The van der Waals surface area contributed by atoms with Crippen molar-refractivity contribution in [2.75, 3.05) is 26.2 Å². The summed E-state index contributed by atoms with van der Waals surface area (Å²) in [6.07, 6.45) is 5.92. The van der Waals surface area contributed by atoms with E-state index < -0.39 is 0 Å². The molecule has 6 heteroatoms. The van der Waals surface area contributed by atoms with Crippen LogP contribution >= 0.6 is 23.2 Å². The molecule has 4 rings (SSSR count). The molecule has 0 bridgehead atoms. The van der Waals surface area contributed by atoms with Gasteiger partial charge < -0.3 is 10.2 Å². The molecule has 1 amide bonds. The molecule has 0 unspecified atom stereocenters. The van der Waals surface area contributed by atoms with Crippen molar-refractivity contribution in [3.05, 3.63) is 99.3 Å². The number of amides is 1. The molecule has 0 radical (unpaired) electrons. The Balaban J connectivity index is 1.35. The van der Waals surface area contributed by atoms with Gasteiger partial charge >= 0.3 is 0 Å². The number of carbonyl (C=O) groups is 1. The van der Waals surface area contributed by atoms with Crippen molar-refractivity contribution in [2.45, 2.75) is 31.6 Å². The van der Waals surface area contributed by atoms with Crippen LogP contribution in [0, 0.1) is 0 Å². The SMILES string of the molecule is O=C(NCCC(c1cccc(Cl)c1)c1cccc(Cl)c1)c1ccc(CCN2CCCC2)nc1. The van der Waals surface area contributed by atoms with Gasteiger partial charge in [0.15, 0.2) is 0 Å². The monoisotopic (exact) mass is 481 g/mol. The third-order valence-electron chi connectivity index (χ3n) is 6.19. The topological polar surface area (TPSA) is 45.2 Å². The summed E-state index contributed by atoms with van der Waals surface area (Å²) in [7, 11) is 0. The number of pyridine rings is 1. The predicted molar refractivity (Wildman–Crippen MR) is 135 cm³/mol. The van der Waals surface area contributed by atoms with Crippen molar-refractivity contribution < 1.29 is 4.79 Å². The molecule has 1 aliphatic heterocycles. The second kappa shape index (κ2) is 11.6. The Labute approximate surface area is 205 Å². The highest BCUT2D eigenvalue weighted by Crippen LogP contribution is 2.30. The van der Waals surface area contributed by atoms with Crippen LogP contribution in [0.25, 0.3) is 0 Å². The molecular weight excluding hydrogens is 453 g/mol. The molecule has 4 nitrogen and oxygen atoms in total. The number of benzene rings is 2. The lowest BCUT2D eigenvalue weighted by Gasteiger charge is -2.19. The normalized spacial score (nSPS) is 14.0. The van der Waals surface area contributed by atoms with Crippen molar-refractivity contribution in [1.82, 2.24) is 15.2 Å². The van der Waals surface area contributed by atoms with Crippen molar-refractivity contribution in [3.63, 3.8) is 0 Å². The van der Waals surface area contributed by atoms with E-state index in [1.54, 1.807) is 6.20 Å². The summed E-state index contributed by atoms with van der Waals surface area (Å²) in [6.45, 7) is 3.93. The molecule has 1 fully saturated rings. The first-order valence-corrected chi connectivity index (χ1v) is 12.3. The lowest BCUT2D eigenvalue weighted by Crippen LogP contribution is -2.26. The Hall–Kier alpha value is -2.40. The molecule has 172 valence electrons. The smallest absolute Gasteiger partial charge is 0.252 e. The van der Waals surface area contributed by atoms with E-state index in [0.29, 0.717) is 22.2 Å². The summed E-state index contributed by atoms with van der Waals surface area (Å²) < 4.78 is 0. The zero-order valence-corrected chi connectivity index (χ0v) is 20.2. The Morgan fingerprint density at radius 2 is 1.64 bits per heavy atom. The van der Waals surface area contributed by atoms with E-state index in [1.807, 2.05) is 48.5 Å². The lowest BCUT2D eigenvalue weighted by molar-refractivity contribution is 0.0952. The quantitative estimate of drug-likeness (QED) is 0.408. The average molecular weight is 482 g/mol. The summed E-state index contributed by atoms with van der Waals surface area (Å²) >= 11 is 12.5. The molecule has 2 aromatic carbocycles. The Morgan fingerprint density at radius 3 is 2.21 bits per heavy atom. The number of rotatable bonds is 9. The van der Waals surface area contributed by atoms with E-state index in [4.69, 9.17) is 23.2 Å². The van der Waals surface area contributed by atoms with Gasteiger partial charge in [0, 0.05) is 47.4 Å². The van der Waals surface area contributed by atoms with Gasteiger partial charge in [-0.25, -0.2) is 0 Å². The Bertz CT molecular complexity index is 1020. The van der Waals surface area contributed by atoms with Crippen LogP contribution in [0.15, 0.2) is 66.9 Å². The molecule has 1 N–H and O–H groups in total. The Kier molecular flexibility index (Phi) is 8.38. The number of nitrogens with one attached hydrogen (secondary N) is 1. The molecular formula is C27H29Cl2N3O. The van der Waals surface area contributed by atoms with Crippen LogP contribution in [0.1, 0.15) is 52.4 Å². The largest absolute Gasteiger partial charge is 0.352 e. The minimum atomic E-state index is -0.107. The van der Waals surface area contributed by atoms with Crippen LogP contribution in [-0.2, 0) is 6.42 Å². The predicted octanol–water partition coefficient (Wildman–Crippen LogP) is 5.98. The number of likely N-dealkylation sites (tertiary alicyclic amines) is 1. The first kappa shape index (κ1) is 23.7. The van der Waals surface area contributed by atoms with Crippen molar-refractivity contribution in [1.29, 1.82) is 0 Å². The summed E-state index contributed by atoms with van der Waals surface area (Å²) in [5, 5.41) is 4.43. The zero-order valence-electron chi connectivity index (χ0n) is 18.6. The maximum atomic E-state index is 12.7. The third kappa shape index (κ3) is 6.80. The van der Waals surface area contributed by atoms with Gasteiger partial charge in [0.25, 0.3) is 5.91 Å². The molecule has 0 aliphatic carbocycles. The van der Waals surface area contributed by atoms with Crippen molar-refractivity contribution in [2.24, 2.45) is 0 Å². The van der Waals surface area contributed by atoms with Crippen LogP contribution < -0.4 is 5.32 Å². The summed E-state index contributed by atoms with van der Waals surface area (Å²) in [5.41, 5.74) is 3.81. The Morgan fingerprint density at radius 1 is 0.970 bits per heavy atom. The van der Waals surface area contributed by atoms with Crippen LogP contribution in [-0.4, -0.2) is 42.0 Å². The minimum Gasteiger partial charge on any atom is -0.352 e. The molecule has 33 heavy (non-hydrogen) atoms. The van der Waals surface area contributed by atoms with Gasteiger partial charge in [0.1, 0.15) is 0 Å². The van der Waals surface area contributed by atoms with Gasteiger partial charge in [-0.05, 0) is 79.9 Å². The summed E-state index contributed by atoms with van der Waals surface area (Å²) in [4.78, 5) is 19.7. The zero-order chi connectivity index (χ0) is 23.0. The number of halogens is 2.